The third-order valence-electron chi connectivity index (χ3n) is 3.60. The molecule has 20 heavy (non-hydrogen) atoms. The molecule has 0 aliphatic carbocycles. The van der Waals surface area contributed by atoms with Crippen LogP contribution in [0.15, 0.2) is 18.2 Å². The maximum Gasteiger partial charge on any atom is 0.416 e. The molecule has 1 saturated heterocycles. The standard InChI is InChI=1S/C13H14F3N3O/c14-13(15,16)8-1-2-11-10(7-8)18-12(17)19(11)9-3-5-20-6-4-9/h1-2,7,9H,3-6H2,(H2,17,18). The molecule has 0 atom stereocenters. The molecule has 7 heteroatoms. The summed E-state index contributed by atoms with van der Waals surface area (Å²) in [6.45, 7) is 1.26. The van der Waals surface area contributed by atoms with Crippen molar-refractivity contribution in [3.63, 3.8) is 0 Å². The van der Waals surface area contributed by atoms with Crippen LogP contribution in [-0.2, 0) is 10.9 Å². The lowest BCUT2D eigenvalue weighted by molar-refractivity contribution is -0.137. The molecule has 2 N–H and O–H groups in total. The third-order valence-corrected chi connectivity index (χ3v) is 3.60. The van der Waals surface area contributed by atoms with Crippen LogP contribution in [0.3, 0.4) is 0 Å². The Hall–Kier alpha value is -1.76. The number of aromatic nitrogens is 2. The van der Waals surface area contributed by atoms with Crippen LogP contribution in [0.1, 0.15) is 24.4 Å². The maximum absolute atomic E-state index is 12.7. The number of ether oxygens (including phenoxy) is 1. The fourth-order valence-electron chi connectivity index (χ4n) is 2.62. The van der Waals surface area contributed by atoms with Gasteiger partial charge in [0.05, 0.1) is 16.6 Å². The number of benzene rings is 1. The number of alkyl halides is 3. The number of anilines is 1. The van der Waals surface area contributed by atoms with Crippen LogP contribution in [0.2, 0.25) is 0 Å². The van der Waals surface area contributed by atoms with Crippen molar-refractivity contribution in [1.29, 1.82) is 0 Å². The smallest absolute Gasteiger partial charge is 0.381 e. The van der Waals surface area contributed by atoms with Gasteiger partial charge in [-0.3, -0.25) is 0 Å². The van der Waals surface area contributed by atoms with Crippen molar-refractivity contribution >= 4 is 17.0 Å². The number of halogens is 3. The Morgan fingerprint density at radius 3 is 2.60 bits per heavy atom. The zero-order chi connectivity index (χ0) is 14.3. The molecule has 1 aliphatic rings. The zero-order valence-corrected chi connectivity index (χ0v) is 10.7. The average Bonchev–Trinajstić information content (AvgIpc) is 2.73. The van der Waals surface area contributed by atoms with Crippen molar-refractivity contribution in [3.05, 3.63) is 23.8 Å². The third kappa shape index (κ3) is 2.22. The number of fused-ring (bicyclic) bond motifs is 1. The predicted molar refractivity (Wildman–Crippen MR) is 68.2 cm³/mol. The highest BCUT2D eigenvalue weighted by molar-refractivity contribution is 5.79. The Labute approximate surface area is 113 Å². The summed E-state index contributed by atoms with van der Waals surface area (Å²) in [4.78, 5) is 4.06. The second kappa shape index (κ2) is 4.66. The van der Waals surface area contributed by atoms with Crippen molar-refractivity contribution in [2.24, 2.45) is 0 Å². The van der Waals surface area contributed by atoms with Gasteiger partial charge >= 0.3 is 6.18 Å². The fourth-order valence-corrected chi connectivity index (χ4v) is 2.62. The van der Waals surface area contributed by atoms with Gasteiger partial charge in [-0.15, -0.1) is 0 Å². The lowest BCUT2D eigenvalue weighted by Gasteiger charge is -2.24. The van der Waals surface area contributed by atoms with Crippen molar-refractivity contribution < 1.29 is 17.9 Å². The quantitative estimate of drug-likeness (QED) is 0.876. The molecule has 1 aliphatic heterocycles. The summed E-state index contributed by atoms with van der Waals surface area (Å²) < 4.78 is 45.2. The Morgan fingerprint density at radius 1 is 1.25 bits per heavy atom. The van der Waals surface area contributed by atoms with Gasteiger partial charge < -0.3 is 15.0 Å². The first-order valence-corrected chi connectivity index (χ1v) is 6.39. The van der Waals surface area contributed by atoms with Crippen LogP contribution in [0.4, 0.5) is 19.1 Å². The molecule has 2 aromatic rings. The van der Waals surface area contributed by atoms with Crippen molar-refractivity contribution in [2.45, 2.75) is 25.1 Å². The molecular formula is C13H14F3N3O. The number of rotatable bonds is 1. The van der Waals surface area contributed by atoms with Crippen LogP contribution in [0.5, 0.6) is 0 Å². The number of nitrogens with two attached hydrogens (primary N) is 1. The van der Waals surface area contributed by atoms with Gasteiger partial charge in [0.25, 0.3) is 0 Å². The summed E-state index contributed by atoms with van der Waals surface area (Å²) in [7, 11) is 0. The number of nitrogens with zero attached hydrogens (tertiary/aromatic N) is 2. The summed E-state index contributed by atoms with van der Waals surface area (Å²) in [5, 5.41) is 0. The lowest BCUT2D eigenvalue weighted by Crippen LogP contribution is -2.20. The molecule has 0 bridgehead atoms. The van der Waals surface area contributed by atoms with Gasteiger partial charge in [-0.1, -0.05) is 0 Å². The number of nitrogen functional groups attached to an aromatic ring is 1. The van der Waals surface area contributed by atoms with Gasteiger partial charge in [-0.25, -0.2) is 4.98 Å². The topological polar surface area (TPSA) is 53.1 Å². The highest BCUT2D eigenvalue weighted by Gasteiger charge is 2.31. The van der Waals surface area contributed by atoms with Crippen LogP contribution in [0, 0.1) is 0 Å². The normalized spacial score (nSPS) is 17.8. The Morgan fingerprint density at radius 2 is 1.95 bits per heavy atom. The van der Waals surface area contributed by atoms with Gasteiger partial charge in [-0.2, -0.15) is 13.2 Å². The zero-order valence-electron chi connectivity index (χ0n) is 10.7. The molecule has 0 amide bonds. The second-order valence-electron chi connectivity index (χ2n) is 4.88. The van der Waals surface area contributed by atoms with E-state index >= 15 is 0 Å². The Bertz CT molecular complexity index is 630. The van der Waals surface area contributed by atoms with Crippen LogP contribution >= 0.6 is 0 Å². The Balaban J connectivity index is 2.07. The number of imidazole rings is 1. The predicted octanol–water partition coefficient (Wildman–Crippen LogP) is 2.99. The fraction of sp³-hybridized carbons (Fsp3) is 0.462. The molecule has 0 unspecified atom stereocenters. The van der Waals surface area contributed by atoms with Crippen LogP contribution in [-0.4, -0.2) is 22.8 Å². The summed E-state index contributed by atoms with van der Waals surface area (Å²) in [6.07, 6.45) is -2.79. The first kappa shape index (κ1) is 13.2. The van der Waals surface area contributed by atoms with Gasteiger partial charge in [0, 0.05) is 19.3 Å². The van der Waals surface area contributed by atoms with Gasteiger partial charge in [0.2, 0.25) is 5.95 Å². The van der Waals surface area contributed by atoms with E-state index in [1.165, 1.54) is 6.07 Å². The van der Waals surface area contributed by atoms with Crippen LogP contribution in [0.25, 0.3) is 11.0 Å². The molecule has 108 valence electrons. The SMILES string of the molecule is Nc1nc2cc(C(F)(F)F)ccc2n1C1CCOCC1. The molecule has 3 rings (SSSR count). The first-order chi connectivity index (χ1) is 9.47. The summed E-state index contributed by atoms with van der Waals surface area (Å²) >= 11 is 0. The minimum absolute atomic E-state index is 0.130. The maximum atomic E-state index is 12.7. The van der Waals surface area contributed by atoms with Crippen LogP contribution < -0.4 is 5.73 Å². The highest BCUT2D eigenvalue weighted by atomic mass is 19.4. The Kier molecular flexibility index (Phi) is 3.08. The number of hydrogen-bond acceptors (Lipinski definition) is 3. The van der Waals surface area contributed by atoms with E-state index in [9.17, 15) is 13.2 Å². The van der Waals surface area contributed by atoms with E-state index in [-0.39, 0.29) is 17.5 Å². The lowest BCUT2D eigenvalue weighted by atomic mass is 10.1. The molecule has 1 fully saturated rings. The monoisotopic (exact) mass is 285 g/mol. The van der Waals surface area contributed by atoms with E-state index in [2.05, 4.69) is 4.98 Å². The minimum atomic E-state index is -4.37. The second-order valence-corrected chi connectivity index (χ2v) is 4.88. The minimum Gasteiger partial charge on any atom is -0.381 e. The first-order valence-electron chi connectivity index (χ1n) is 6.39. The molecule has 0 radical (unpaired) electrons. The van der Waals surface area contributed by atoms with Gasteiger partial charge in [-0.05, 0) is 31.0 Å². The molecule has 1 aromatic carbocycles. The van der Waals surface area contributed by atoms with E-state index in [1.54, 1.807) is 0 Å². The average molecular weight is 285 g/mol. The van der Waals surface area contributed by atoms with Crippen molar-refractivity contribution in [2.75, 3.05) is 18.9 Å². The molecule has 1 aromatic heterocycles. The number of hydrogen-bond donors (Lipinski definition) is 1. The van der Waals surface area contributed by atoms with E-state index in [0.29, 0.717) is 18.7 Å². The molecule has 0 spiro atoms. The largest absolute Gasteiger partial charge is 0.416 e. The summed E-state index contributed by atoms with van der Waals surface area (Å²) in [5.41, 5.74) is 6.09. The molecule has 0 saturated carbocycles. The molecule has 4 nitrogen and oxygen atoms in total. The van der Waals surface area contributed by atoms with Gasteiger partial charge in [0.1, 0.15) is 0 Å². The van der Waals surface area contributed by atoms with E-state index in [1.807, 2.05) is 4.57 Å². The molecular weight excluding hydrogens is 271 g/mol. The van der Waals surface area contributed by atoms with E-state index < -0.39 is 11.7 Å². The highest BCUT2D eigenvalue weighted by Crippen LogP contribution is 2.34. The summed E-state index contributed by atoms with van der Waals surface area (Å²) in [6, 6.07) is 3.68. The van der Waals surface area contributed by atoms with Gasteiger partial charge in [0.15, 0.2) is 0 Å². The molecule has 2 heterocycles. The van der Waals surface area contributed by atoms with E-state index in [0.717, 1.165) is 25.0 Å². The van der Waals surface area contributed by atoms with Crippen molar-refractivity contribution in [3.8, 4) is 0 Å². The van der Waals surface area contributed by atoms with Crippen molar-refractivity contribution in [1.82, 2.24) is 9.55 Å². The summed E-state index contributed by atoms with van der Waals surface area (Å²) in [5.74, 6) is 0.256. The van der Waals surface area contributed by atoms with E-state index in [4.69, 9.17) is 10.5 Å².